The van der Waals surface area contributed by atoms with Gasteiger partial charge in [-0.25, -0.2) is 12.8 Å². The summed E-state index contributed by atoms with van der Waals surface area (Å²) in [4.78, 5) is -0.0621. The van der Waals surface area contributed by atoms with Crippen molar-refractivity contribution in [1.82, 2.24) is 0 Å². The fourth-order valence-corrected chi connectivity index (χ4v) is 2.80. The van der Waals surface area contributed by atoms with Crippen molar-refractivity contribution in [1.29, 1.82) is 5.26 Å². The maximum absolute atomic E-state index is 13.1. The Hall–Kier alpha value is -2.59. The van der Waals surface area contributed by atoms with Gasteiger partial charge >= 0.3 is 0 Å². The highest BCUT2D eigenvalue weighted by atomic mass is 32.2. The molecule has 0 aliphatic carbocycles. The van der Waals surface area contributed by atoms with Crippen LogP contribution >= 0.6 is 0 Å². The van der Waals surface area contributed by atoms with Gasteiger partial charge in [0.2, 0.25) is 0 Å². The Balaban J connectivity index is 2.40. The molecule has 1 N–H and O–H groups in total. The van der Waals surface area contributed by atoms with Crippen LogP contribution in [-0.4, -0.2) is 15.5 Å². The molecule has 0 heterocycles. The molecule has 0 radical (unpaired) electrons. The summed E-state index contributed by atoms with van der Waals surface area (Å²) in [5, 5.41) is 8.80. The summed E-state index contributed by atoms with van der Waals surface area (Å²) in [5.74, 6) is -0.476. The van der Waals surface area contributed by atoms with Crippen LogP contribution in [0.15, 0.2) is 47.4 Å². The minimum Gasteiger partial charge on any atom is -0.494 e. The lowest BCUT2D eigenvalue weighted by molar-refractivity contribution is 0.413. The minimum absolute atomic E-state index is 0.0621. The van der Waals surface area contributed by atoms with Crippen LogP contribution in [-0.2, 0) is 10.0 Å². The van der Waals surface area contributed by atoms with Gasteiger partial charge in [-0.05, 0) is 30.3 Å². The zero-order chi connectivity index (χ0) is 15.5. The molecule has 0 unspecified atom stereocenters. The van der Waals surface area contributed by atoms with Crippen LogP contribution in [0.2, 0.25) is 0 Å². The van der Waals surface area contributed by atoms with Crippen LogP contribution in [0.25, 0.3) is 0 Å². The first kappa shape index (κ1) is 14.8. The van der Waals surface area contributed by atoms with E-state index in [1.807, 2.05) is 6.07 Å². The molecule has 2 aromatic rings. The second-order valence-electron chi connectivity index (χ2n) is 4.09. The number of sulfonamides is 1. The van der Waals surface area contributed by atoms with E-state index < -0.39 is 15.8 Å². The molecule has 0 aromatic heterocycles. The van der Waals surface area contributed by atoms with E-state index in [-0.39, 0.29) is 21.9 Å². The van der Waals surface area contributed by atoms with Crippen molar-refractivity contribution in [2.45, 2.75) is 4.90 Å². The van der Waals surface area contributed by atoms with Crippen LogP contribution in [0.5, 0.6) is 5.75 Å². The maximum Gasteiger partial charge on any atom is 0.262 e. The van der Waals surface area contributed by atoms with Crippen molar-refractivity contribution in [3.63, 3.8) is 0 Å². The summed E-state index contributed by atoms with van der Waals surface area (Å²) in [6, 6.07) is 10.9. The number of hydrogen-bond donors (Lipinski definition) is 1. The largest absolute Gasteiger partial charge is 0.494 e. The molecule has 0 bridgehead atoms. The zero-order valence-electron chi connectivity index (χ0n) is 11.0. The molecule has 0 spiro atoms. The summed E-state index contributed by atoms with van der Waals surface area (Å²) in [6.45, 7) is 0. The lowest BCUT2D eigenvalue weighted by Crippen LogP contribution is -2.13. The molecular formula is C14H11FN2O3S. The molecular weight excluding hydrogens is 295 g/mol. The normalized spacial score (nSPS) is 10.7. The molecule has 5 nitrogen and oxygen atoms in total. The lowest BCUT2D eigenvalue weighted by atomic mass is 10.2. The molecule has 2 aromatic carbocycles. The Morgan fingerprint density at radius 2 is 2.00 bits per heavy atom. The second-order valence-corrected chi connectivity index (χ2v) is 5.77. The zero-order valence-corrected chi connectivity index (χ0v) is 11.8. The van der Waals surface area contributed by atoms with E-state index in [4.69, 9.17) is 10.00 Å². The molecule has 0 fully saturated rings. The molecule has 0 aliphatic rings. The molecule has 0 saturated carbocycles. The number of hydrogen-bond acceptors (Lipinski definition) is 4. The molecule has 0 amide bonds. The number of nitriles is 1. The first-order valence-electron chi connectivity index (χ1n) is 5.83. The average Bonchev–Trinajstić information content (AvgIpc) is 2.49. The highest BCUT2D eigenvalue weighted by Gasteiger charge is 2.17. The summed E-state index contributed by atoms with van der Waals surface area (Å²) < 4.78 is 44.8. The highest BCUT2D eigenvalue weighted by molar-refractivity contribution is 7.92. The van der Waals surface area contributed by atoms with E-state index in [9.17, 15) is 12.8 Å². The van der Waals surface area contributed by atoms with E-state index in [0.29, 0.717) is 0 Å². The van der Waals surface area contributed by atoms with Gasteiger partial charge in [-0.15, -0.1) is 0 Å². The first-order chi connectivity index (χ1) is 9.96. The van der Waals surface area contributed by atoms with Gasteiger partial charge < -0.3 is 4.74 Å². The molecule has 0 saturated heterocycles. The van der Waals surface area contributed by atoms with Crippen molar-refractivity contribution < 1.29 is 17.5 Å². The van der Waals surface area contributed by atoms with Gasteiger partial charge in [-0.3, -0.25) is 4.72 Å². The fourth-order valence-electron chi connectivity index (χ4n) is 1.69. The van der Waals surface area contributed by atoms with Gasteiger partial charge in [0.25, 0.3) is 10.0 Å². The summed E-state index contributed by atoms with van der Waals surface area (Å²) in [7, 11) is -2.59. The second kappa shape index (κ2) is 5.81. The Bertz CT molecular complexity index is 813. The quantitative estimate of drug-likeness (QED) is 0.941. The third kappa shape index (κ3) is 3.30. The number of nitrogens with one attached hydrogen (secondary N) is 1. The number of rotatable bonds is 4. The molecule has 108 valence electrons. The number of methoxy groups -OCH3 is 1. The predicted molar refractivity (Wildman–Crippen MR) is 74.9 cm³/mol. The Morgan fingerprint density at radius 1 is 1.24 bits per heavy atom. The van der Waals surface area contributed by atoms with Gasteiger partial charge in [0, 0.05) is 6.07 Å². The van der Waals surface area contributed by atoms with Crippen molar-refractivity contribution in [3.05, 3.63) is 53.8 Å². The van der Waals surface area contributed by atoms with Crippen molar-refractivity contribution in [2.75, 3.05) is 11.8 Å². The number of ether oxygens (including phenoxy) is 1. The van der Waals surface area contributed by atoms with E-state index in [0.717, 1.165) is 12.1 Å². The van der Waals surface area contributed by atoms with Crippen LogP contribution in [0.4, 0.5) is 10.1 Å². The summed E-state index contributed by atoms with van der Waals surface area (Å²) in [6.07, 6.45) is 0. The number of halogens is 1. The Morgan fingerprint density at radius 3 is 2.67 bits per heavy atom. The van der Waals surface area contributed by atoms with E-state index in [2.05, 4.69) is 4.72 Å². The van der Waals surface area contributed by atoms with Crippen LogP contribution < -0.4 is 9.46 Å². The monoisotopic (exact) mass is 306 g/mol. The average molecular weight is 306 g/mol. The lowest BCUT2D eigenvalue weighted by Gasteiger charge is -2.12. The predicted octanol–water partition coefficient (Wildman–Crippen LogP) is 2.51. The number of anilines is 1. The first-order valence-corrected chi connectivity index (χ1v) is 7.31. The maximum atomic E-state index is 13.1. The van der Waals surface area contributed by atoms with Crippen molar-refractivity contribution in [2.24, 2.45) is 0 Å². The summed E-state index contributed by atoms with van der Waals surface area (Å²) in [5.41, 5.74) is 0.338. The molecule has 0 atom stereocenters. The third-order valence-electron chi connectivity index (χ3n) is 2.68. The molecule has 21 heavy (non-hydrogen) atoms. The fraction of sp³-hybridized carbons (Fsp3) is 0.0714. The Labute approximate surface area is 121 Å². The standard InChI is InChI=1S/C14H11FN2O3S/c1-20-14-8-11(15)5-6-13(14)17-21(18,19)12-4-2-3-10(7-12)9-16/h2-8,17H,1H3. The third-order valence-corrected chi connectivity index (χ3v) is 4.04. The van der Waals surface area contributed by atoms with E-state index in [1.54, 1.807) is 0 Å². The van der Waals surface area contributed by atoms with E-state index >= 15 is 0 Å². The number of benzene rings is 2. The Kier molecular flexibility index (Phi) is 4.10. The topological polar surface area (TPSA) is 79.2 Å². The van der Waals surface area contributed by atoms with E-state index in [1.165, 1.54) is 37.4 Å². The van der Waals surface area contributed by atoms with Crippen LogP contribution in [0, 0.1) is 17.1 Å². The van der Waals surface area contributed by atoms with Crippen molar-refractivity contribution >= 4 is 15.7 Å². The molecule has 7 heteroatoms. The highest BCUT2D eigenvalue weighted by Crippen LogP contribution is 2.27. The van der Waals surface area contributed by atoms with Crippen LogP contribution in [0.3, 0.4) is 0 Å². The smallest absolute Gasteiger partial charge is 0.262 e. The van der Waals surface area contributed by atoms with Gasteiger partial charge in [0.1, 0.15) is 11.6 Å². The SMILES string of the molecule is COc1cc(F)ccc1NS(=O)(=O)c1cccc(C#N)c1. The van der Waals surface area contributed by atoms with Gasteiger partial charge in [0.15, 0.2) is 0 Å². The number of nitrogens with zero attached hydrogens (tertiary/aromatic N) is 1. The van der Waals surface area contributed by atoms with Crippen LogP contribution in [0.1, 0.15) is 5.56 Å². The van der Waals surface area contributed by atoms with Gasteiger partial charge in [-0.1, -0.05) is 6.07 Å². The van der Waals surface area contributed by atoms with Gasteiger partial charge in [-0.2, -0.15) is 5.26 Å². The minimum atomic E-state index is -3.89. The summed E-state index contributed by atoms with van der Waals surface area (Å²) >= 11 is 0. The van der Waals surface area contributed by atoms with Gasteiger partial charge in [0.05, 0.1) is 29.3 Å². The van der Waals surface area contributed by atoms with Crippen molar-refractivity contribution in [3.8, 4) is 11.8 Å². The molecule has 0 aliphatic heterocycles. The molecule has 2 rings (SSSR count).